The Balaban J connectivity index is 1.29. The van der Waals surface area contributed by atoms with Crippen LogP contribution < -0.4 is 0 Å². The highest BCUT2D eigenvalue weighted by atomic mass is 14.2. The molecule has 0 aromatic heterocycles. The SMILES string of the molecule is c1ccc(-c2cc3cc(-c4cc5ccccc5c5ccccc45)ccc3c3ccc(-c4ccc5ccccc5c4)cc23)cc1. The van der Waals surface area contributed by atoms with Gasteiger partial charge in [0.15, 0.2) is 0 Å². The number of benzene rings is 9. The van der Waals surface area contributed by atoms with Crippen molar-refractivity contribution in [3.63, 3.8) is 0 Å². The highest BCUT2D eigenvalue weighted by molar-refractivity contribution is 6.17. The van der Waals surface area contributed by atoms with Crippen LogP contribution in [0.3, 0.4) is 0 Å². The van der Waals surface area contributed by atoms with Gasteiger partial charge in [-0.3, -0.25) is 0 Å². The van der Waals surface area contributed by atoms with Crippen LogP contribution in [0.2, 0.25) is 0 Å². The van der Waals surface area contributed by atoms with E-state index < -0.39 is 0 Å². The molecule has 0 aliphatic rings. The quantitative estimate of drug-likeness (QED) is 0.190. The largest absolute Gasteiger partial charge is 0.0622 e. The van der Waals surface area contributed by atoms with E-state index in [1.54, 1.807) is 0 Å². The van der Waals surface area contributed by atoms with Crippen LogP contribution in [-0.4, -0.2) is 0 Å². The maximum atomic E-state index is 2.39. The average molecular weight is 557 g/mol. The summed E-state index contributed by atoms with van der Waals surface area (Å²) < 4.78 is 0. The van der Waals surface area contributed by atoms with E-state index in [1.165, 1.54) is 87.2 Å². The zero-order valence-electron chi connectivity index (χ0n) is 24.2. The second kappa shape index (κ2) is 9.93. The van der Waals surface area contributed by atoms with Gasteiger partial charge in [0, 0.05) is 0 Å². The van der Waals surface area contributed by atoms with Crippen LogP contribution in [0.15, 0.2) is 170 Å². The molecular weight excluding hydrogens is 528 g/mol. The lowest BCUT2D eigenvalue weighted by Gasteiger charge is -2.15. The predicted octanol–water partition coefficient (Wildman–Crippen LogP) is 12.5. The summed E-state index contributed by atoms with van der Waals surface area (Å²) in [5, 5.41) is 12.8. The second-order valence-electron chi connectivity index (χ2n) is 11.7. The van der Waals surface area contributed by atoms with Crippen molar-refractivity contribution >= 4 is 53.9 Å². The first-order valence-electron chi connectivity index (χ1n) is 15.3. The van der Waals surface area contributed by atoms with Crippen LogP contribution in [0.5, 0.6) is 0 Å². The van der Waals surface area contributed by atoms with E-state index in [-0.39, 0.29) is 0 Å². The van der Waals surface area contributed by atoms with Crippen LogP contribution in [0.1, 0.15) is 0 Å². The number of hydrogen-bond donors (Lipinski definition) is 0. The Kier molecular flexibility index (Phi) is 5.61. The maximum absolute atomic E-state index is 2.39. The summed E-state index contributed by atoms with van der Waals surface area (Å²) in [4.78, 5) is 0. The highest BCUT2D eigenvalue weighted by Crippen LogP contribution is 2.41. The number of hydrogen-bond acceptors (Lipinski definition) is 0. The van der Waals surface area contributed by atoms with Crippen molar-refractivity contribution in [2.75, 3.05) is 0 Å². The lowest BCUT2D eigenvalue weighted by molar-refractivity contribution is 1.65. The molecule has 0 atom stereocenters. The molecule has 0 nitrogen and oxygen atoms in total. The fraction of sp³-hybridized carbons (Fsp3) is 0. The minimum atomic E-state index is 1.23. The molecule has 0 saturated carbocycles. The molecule has 44 heavy (non-hydrogen) atoms. The molecule has 0 N–H and O–H groups in total. The summed E-state index contributed by atoms with van der Waals surface area (Å²) in [5.74, 6) is 0. The van der Waals surface area contributed by atoms with Crippen LogP contribution in [-0.2, 0) is 0 Å². The Hall–Kier alpha value is -5.72. The third kappa shape index (κ3) is 4.00. The summed E-state index contributed by atoms with van der Waals surface area (Å²) in [6, 6.07) is 62.4. The van der Waals surface area contributed by atoms with Crippen molar-refractivity contribution in [2.45, 2.75) is 0 Å². The fourth-order valence-corrected chi connectivity index (χ4v) is 7.03. The van der Waals surface area contributed by atoms with E-state index in [2.05, 4.69) is 170 Å². The first-order chi connectivity index (χ1) is 21.8. The van der Waals surface area contributed by atoms with Gasteiger partial charge in [-0.15, -0.1) is 0 Å². The predicted molar refractivity (Wildman–Crippen MR) is 190 cm³/mol. The van der Waals surface area contributed by atoms with Crippen molar-refractivity contribution < 1.29 is 0 Å². The minimum absolute atomic E-state index is 1.23. The van der Waals surface area contributed by atoms with E-state index in [0.29, 0.717) is 0 Å². The summed E-state index contributed by atoms with van der Waals surface area (Å²) in [6.07, 6.45) is 0. The minimum Gasteiger partial charge on any atom is -0.0622 e. The van der Waals surface area contributed by atoms with Crippen LogP contribution in [0, 0.1) is 0 Å². The molecule has 204 valence electrons. The van der Waals surface area contributed by atoms with Crippen molar-refractivity contribution in [2.24, 2.45) is 0 Å². The summed E-state index contributed by atoms with van der Waals surface area (Å²) in [7, 11) is 0. The molecule has 9 aromatic carbocycles. The Morgan fingerprint density at radius 3 is 1.59 bits per heavy atom. The molecule has 0 aliphatic carbocycles. The smallest absolute Gasteiger partial charge is 0.00928 e. The van der Waals surface area contributed by atoms with Gasteiger partial charge in [-0.05, 0) is 118 Å². The van der Waals surface area contributed by atoms with E-state index in [4.69, 9.17) is 0 Å². The standard InChI is InChI=1S/C44H28/c1-2-11-30(12-3-1)42-28-36-25-35(43-27-34-14-6-7-15-37(34)39-16-8-9-17-40(39)43)21-22-38(36)41-23-20-33(26-44(41)42)32-19-18-29-10-4-5-13-31(29)24-32/h1-28H. The lowest BCUT2D eigenvalue weighted by atomic mass is 9.88. The molecule has 0 amide bonds. The molecule has 0 fully saturated rings. The van der Waals surface area contributed by atoms with Gasteiger partial charge in [0.25, 0.3) is 0 Å². The van der Waals surface area contributed by atoms with Gasteiger partial charge in [0.2, 0.25) is 0 Å². The van der Waals surface area contributed by atoms with E-state index in [1.807, 2.05) is 0 Å². The normalized spacial score (nSPS) is 11.6. The molecule has 0 aliphatic heterocycles. The molecular formula is C44H28. The first kappa shape index (κ1) is 24.8. The second-order valence-corrected chi connectivity index (χ2v) is 11.7. The monoisotopic (exact) mass is 556 g/mol. The number of rotatable bonds is 3. The van der Waals surface area contributed by atoms with Gasteiger partial charge in [0.05, 0.1) is 0 Å². The van der Waals surface area contributed by atoms with Gasteiger partial charge in [-0.2, -0.15) is 0 Å². The molecule has 0 heteroatoms. The third-order valence-electron chi connectivity index (χ3n) is 9.20. The zero-order chi connectivity index (χ0) is 29.0. The topological polar surface area (TPSA) is 0 Å². The van der Waals surface area contributed by atoms with Gasteiger partial charge in [0.1, 0.15) is 0 Å². The Bertz CT molecular complexity index is 2540. The molecule has 9 aromatic rings. The summed E-state index contributed by atoms with van der Waals surface area (Å²) in [6.45, 7) is 0. The molecule has 0 saturated heterocycles. The summed E-state index contributed by atoms with van der Waals surface area (Å²) >= 11 is 0. The molecule has 0 bridgehead atoms. The molecule has 0 radical (unpaired) electrons. The Morgan fingerprint density at radius 2 is 0.727 bits per heavy atom. The van der Waals surface area contributed by atoms with E-state index in [0.717, 1.165) is 0 Å². The molecule has 0 heterocycles. The van der Waals surface area contributed by atoms with Gasteiger partial charge in [-0.1, -0.05) is 140 Å². The van der Waals surface area contributed by atoms with Crippen LogP contribution in [0.25, 0.3) is 87.2 Å². The van der Waals surface area contributed by atoms with E-state index >= 15 is 0 Å². The average Bonchev–Trinajstić information content (AvgIpc) is 3.10. The fourth-order valence-electron chi connectivity index (χ4n) is 7.03. The highest BCUT2D eigenvalue weighted by Gasteiger charge is 2.14. The first-order valence-corrected chi connectivity index (χ1v) is 15.3. The molecule has 0 unspecified atom stereocenters. The van der Waals surface area contributed by atoms with Gasteiger partial charge < -0.3 is 0 Å². The van der Waals surface area contributed by atoms with Crippen molar-refractivity contribution in [3.05, 3.63) is 170 Å². The van der Waals surface area contributed by atoms with Crippen molar-refractivity contribution in [1.82, 2.24) is 0 Å². The van der Waals surface area contributed by atoms with Crippen molar-refractivity contribution in [3.8, 4) is 33.4 Å². The van der Waals surface area contributed by atoms with E-state index in [9.17, 15) is 0 Å². The van der Waals surface area contributed by atoms with Crippen LogP contribution in [0.4, 0.5) is 0 Å². The maximum Gasteiger partial charge on any atom is -0.00928 e. The van der Waals surface area contributed by atoms with Crippen molar-refractivity contribution in [1.29, 1.82) is 0 Å². The van der Waals surface area contributed by atoms with Gasteiger partial charge in [-0.25, -0.2) is 0 Å². The molecule has 0 spiro atoms. The van der Waals surface area contributed by atoms with Crippen LogP contribution >= 0.6 is 0 Å². The zero-order valence-corrected chi connectivity index (χ0v) is 24.2. The summed E-state index contributed by atoms with van der Waals surface area (Å²) in [5.41, 5.74) is 7.48. The third-order valence-corrected chi connectivity index (χ3v) is 9.20. The van der Waals surface area contributed by atoms with Gasteiger partial charge >= 0.3 is 0 Å². The Morgan fingerprint density at radius 1 is 0.205 bits per heavy atom. The Labute approximate surface area is 256 Å². The molecule has 9 rings (SSSR count). The lowest BCUT2D eigenvalue weighted by Crippen LogP contribution is -1.89. The number of fused-ring (bicyclic) bond motifs is 7.